The third-order valence-corrected chi connectivity index (χ3v) is 1.44. The van der Waals surface area contributed by atoms with E-state index in [4.69, 9.17) is 5.11 Å². The predicted molar refractivity (Wildman–Crippen MR) is 44.2 cm³/mol. The van der Waals surface area contributed by atoms with Gasteiger partial charge in [-0.2, -0.15) is 0 Å². The maximum Gasteiger partial charge on any atom is 0.222 e. The van der Waals surface area contributed by atoms with Crippen LogP contribution >= 0.6 is 0 Å². The highest BCUT2D eigenvalue weighted by Crippen LogP contribution is 1.91. The minimum absolute atomic E-state index is 0.0522. The van der Waals surface area contributed by atoms with E-state index in [-0.39, 0.29) is 18.9 Å². The first kappa shape index (κ1) is 10.4. The monoisotopic (exact) mass is 159 g/mol. The summed E-state index contributed by atoms with van der Waals surface area (Å²) in [5.41, 5.74) is 0. The lowest BCUT2D eigenvalue weighted by molar-refractivity contribution is -0.121. The highest BCUT2D eigenvalue weighted by molar-refractivity contribution is 5.75. The van der Waals surface area contributed by atoms with Crippen LogP contribution in [-0.2, 0) is 4.79 Å². The van der Waals surface area contributed by atoms with Crippen LogP contribution in [0.1, 0.15) is 32.6 Å². The van der Waals surface area contributed by atoms with Crippen LogP contribution in [0.25, 0.3) is 0 Å². The molecule has 0 unspecified atom stereocenters. The second kappa shape index (κ2) is 7.54. The fraction of sp³-hybridized carbons (Fsp3) is 0.875. The van der Waals surface area contributed by atoms with Crippen LogP contribution in [0.15, 0.2) is 0 Å². The molecule has 0 aliphatic carbocycles. The van der Waals surface area contributed by atoms with Gasteiger partial charge in [0.05, 0.1) is 6.61 Å². The number of nitrogens with one attached hydrogen (secondary N) is 1. The number of hydrogen-bond donors (Lipinski definition) is 2. The van der Waals surface area contributed by atoms with E-state index < -0.39 is 0 Å². The van der Waals surface area contributed by atoms with Gasteiger partial charge < -0.3 is 10.4 Å². The van der Waals surface area contributed by atoms with Crippen molar-refractivity contribution in [1.82, 2.24) is 5.32 Å². The molecule has 0 aliphatic heterocycles. The first-order chi connectivity index (χ1) is 5.31. The topological polar surface area (TPSA) is 49.3 Å². The van der Waals surface area contributed by atoms with E-state index in [1.807, 2.05) is 0 Å². The molecule has 0 heterocycles. The van der Waals surface area contributed by atoms with Crippen LogP contribution in [0.5, 0.6) is 0 Å². The molecule has 0 bridgehead atoms. The minimum Gasteiger partial charge on any atom is -0.396 e. The van der Waals surface area contributed by atoms with Crippen molar-refractivity contribution in [3.05, 3.63) is 0 Å². The van der Waals surface area contributed by atoms with E-state index in [9.17, 15) is 4.79 Å². The van der Waals surface area contributed by atoms with E-state index in [1.165, 1.54) is 0 Å². The Kier molecular flexibility index (Phi) is 7.15. The summed E-state index contributed by atoms with van der Waals surface area (Å²) in [6.07, 6.45) is 3.58. The molecule has 0 aromatic carbocycles. The summed E-state index contributed by atoms with van der Waals surface area (Å²) < 4.78 is 0. The molecule has 2 N–H and O–H groups in total. The van der Waals surface area contributed by atoms with Gasteiger partial charge in [-0.3, -0.25) is 4.79 Å². The lowest BCUT2D eigenvalue weighted by Crippen LogP contribution is -2.24. The maximum atomic E-state index is 10.7. The van der Waals surface area contributed by atoms with Crippen LogP contribution in [0.3, 0.4) is 0 Å². The molecule has 3 heteroatoms. The number of unbranched alkanes of at least 4 members (excludes halogenated alkanes) is 2. The second-order valence-corrected chi connectivity index (χ2v) is 2.53. The second-order valence-electron chi connectivity index (χ2n) is 2.53. The van der Waals surface area contributed by atoms with Gasteiger partial charge in [0, 0.05) is 13.0 Å². The number of carbonyl (C=O) groups excluding carboxylic acids is 1. The first-order valence-corrected chi connectivity index (χ1v) is 4.18. The van der Waals surface area contributed by atoms with Gasteiger partial charge in [0.25, 0.3) is 0 Å². The van der Waals surface area contributed by atoms with Crippen LogP contribution < -0.4 is 5.32 Å². The van der Waals surface area contributed by atoms with E-state index in [2.05, 4.69) is 12.2 Å². The van der Waals surface area contributed by atoms with Crippen molar-refractivity contribution in [2.45, 2.75) is 32.6 Å². The molecule has 1 amide bonds. The highest BCUT2D eigenvalue weighted by Gasteiger charge is 1.96. The van der Waals surface area contributed by atoms with Gasteiger partial charge in [0.15, 0.2) is 0 Å². The third kappa shape index (κ3) is 7.33. The standard InChI is InChI=1S/C8H17NO2/c1-2-3-4-6-9-8(11)5-7-10/h10H,2-7H2,1H3,(H,9,11). The Labute approximate surface area is 67.8 Å². The van der Waals surface area contributed by atoms with Crippen molar-refractivity contribution in [1.29, 1.82) is 0 Å². The lowest BCUT2D eigenvalue weighted by atomic mass is 10.2. The minimum atomic E-state index is -0.0559. The SMILES string of the molecule is CCCCCNC(=O)CCO. The summed E-state index contributed by atoms with van der Waals surface area (Å²) in [5, 5.41) is 11.1. The molecule has 0 rings (SSSR count). The van der Waals surface area contributed by atoms with Crippen LogP contribution in [0.2, 0.25) is 0 Å². The highest BCUT2D eigenvalue weighted by atomic mass is 16.3. The van der Waals surface area contributed by atoms with Crippen molar-refractivity contribution in [2.75, 3.05) is 13.2 Å². The van der Waals surface area contributed by atoms with Crippen molar-refractivity contribution in [2.24, 2.45) is 0 Å². The molecule has 66 valence electrons. The average Bonchev–Trinajstić information content (AvgIpc) is 1.99. The molecular weight excluding hydrogens is 142 g/mol. The van der Waals surface area contributed by atoms with E-state index in [0.717, 1.165) is 25.8 Å². The summed E-state index contributed by atoms with van der Waals surface area (Å²) in [7, 11) is 0. The Morgan fingerprint density at radius 2 is 2.18 bits per heavy atom. The molecule has 0 saturated heterocycles. The zero-order valence-corrected chi connectivity index (χ0v) is 7.10. The zero-order valence-electron chi connectivity index (χ0n) is 7.10. The molecule has 0 aliphatic rings. The Hall–Kier alpha value is -0.570. The molecule has 0 aromatic heterocycles. The number of aliphatic hydroxyl groups excluding tert-OH is 1. The molecule has 0 atom stereocenters. The number of aliphatic hydroxyl groups is 1. The molecule has 0 aromatic rings. The van der Waals surface area contributed by atoms with Gasteiger partial charge in [-0.25, -0.2) is 0 Å². The number of amides is 1. The van der Waals surface area contributed by atoms with E-state index in [0.29, 0.717) is 0 Å². The summed E-state index contributed by atoms with van der Waals surface area (Å²) in [4.78, 5) is 10.7. The summed E-state index contributed by atoms with van der Waals surface area (Å²) >= 11 is 0. The summed E-state index contributed by atoms with van der Waals surface area (Å²) in [6.45, 7) is 2.81. The fourth-order valence-corrected chi connectivity index (χ4v) is 0.793. The normalized spacial score (nSPS) is 9.64. The van der Waals surface area contributed by atoms with E-state index in [1.54, 1.807) is 0 Å². The number of hydrogen-bond acceptors (Lipinski definition) is 2. The fourth-order valence-electron chi connectivity index (χ4n) is 0.793. The molecule has 0 saturated carbocycles. The Bertz CT molecular complexity index is 104. The summed E-state index contributed by atoms with van der Waals surface area (Å²) in [6, 6.07) is 0. The van der Waals surface area contributed by atoms with Gasteiger partial charge in [-0.05, 0) is 6.42 Å². The number of carbonyl (C=O) groups is 1. The van der Waals surface area contributed by atoms with Crippen molar-refractivity contribution in [3.63, 3.8) is 0 Å². The molecule has 0 fully saturated rings. The van der Waals surface area contributed by atoms with Crippen LogP contribution in [0, 0.1) is 0 Å². The summed E-state index contributed by atoms with van der Waals surface area (Å²) in [5.74, 6) is -0.0522. The smallest absolute Gasteiger partial charge is 0.222 e. The quantitative estimate of drug-likeness (QED) is 0.560. The van der Waals surface area contributed by atoms with Crippen molar-refractivity contribution in [3.8, 4) is 0 Å². The van der Waals surface area contributed by atoms with Gasteiger partial charge >= 0.3 is 0 Å². The Balaban J connectivity index is 3.04. The molecule has 0 spiro atoms. The average molecular weight is 159 g/mol. The zero-order chi connectivity index (χ0) is 8.53. The predicted octanol–water partition coefficient (Wildman–Crippen LogP) is 0.675. The molecular formula is C8H17NO2. The third-order valence-electron chi connectivity index (χ3n) is 1.44. The Morgan fingerprint density at radius 1 is 1.45 bits per heavy atom. The largest absolute Gasteiger partial charge is 0.396 e. The van der Waals surface area contributed by atoms with Crippen LogP contribution in [0.4, 0.5) is 0 Å². The Morgan fingerprint density at radius 3 is 2.73 bits per heavy atom. The lowest BCUT2D eigenvalue weighted by Gasteiger charge is -2.01. The maximum absolute atomic E-state index is 10.7. The first-order valence-electron chi connectivity index (χ1n) is 4.18. The van der Waals surface area contributed by atoms with Gasteiger partial charge in [0.2, 0.25) is 5.91 Å². The van der Waals surface area contributed by atoms with E-state index >= 15 is 0 Å². The van der Waals surface area contributed by atoms with Gasteiger partial charge in [-0.1, -0.05) is 19.8 Å². The van der Waals surface area contributed by atoms with Gasteiger partial charge in [-0.15, -0.1) is 0 Å². The van der Waals surface area contributed by atoms with Crippen molar-refractivity contribution < 1.29 is 9.90 Å². The number of rotatable bonds is 6. The van der Waals surface area contributed by atoms with Gasteiger partial charge in [0.1, 0.15) is 0 Å². The van der Waals surface area contributed by atoms with Crippen molar-refractivity contribution >= 4 is 5.91 Å². The van der Waals surface area contributed by atoms with Crippen LogP contribution in [-0.4, -0.2) is 24.2 Å². The molecule has 3 nitrogen and oxygen atoms in total. The molecule has 11 heavy (non-hydrogen) atoms. The molecule has 0 radical (unpaired) electrons.